The number of hydrogen-bond acceptors (Lipinski definition) is 7. The highest BCUT2D eigenvalue weighted by atomic mass is 32.2. The number of amides is 3. The van der Waals surface area contributed by atoms with E-state index < -0.39 is 12.2 Å². The van der Waals surface area contributed by atoms with E-state index in [1.54, 1.807) is 11.8 Å². The molecule has 202 valence electrons. The number of ether oxygens (including phenoxy) is 2. The highest BCUT2D eigenvalue weighted by molar-refractivity contribution is 8.00. The fraction of sp³-hybridized carbons (Fsp3) is 0.241. The van der Waals surface area contributed by atoms with Crippen molar-refractivity contribution < 1.29 is 23.9 Å². The van der Waals surface area contributed by atoms with Gasteiger partial charge < -0.3 is 14.8 Å². The molecule has 1 heterocycles. The van der Waals surface area contributed by atoms with Gasteiger partial charge in [0.2, 0.25) is 11.9 Å². The van der Waals surface area contributed by atoms with Crippen LogP contribution in [0.25, 0.3) is 0 Å². The fourth-order valence-electron chi connectivity index (χ4n) is 3.75. The Morgan fingerprint density at radius 1 is 0.795 bits per heavy atom. The third-order valence-corrected chi connectivity index (χ3v) is 7.05. The topological polar surface area (TPSA) is 118 Å². The number of hydrogen-bond donors (Lipinski definition) is 3. The molecule has 0 radical (unpaired) electrons. The number of benzene rings is 3. The molecule has 2 atom stereocenters. The number of carbonyl (C=O) groups excluding carboxylic acids is 3. The summed E-state index contributed by atoms with van der Waals surface area (Å²) >= 11 is 1.62. The van der Waals surface area contributed by atoms with Crippen molar-refractivity contribution >= 4 is 35.8 Å². The molecule has 3 aromatic carbocycles. The van der Waals surface area contributed by atoms with Crippen LogP contribution in [0.2, 0.25) is 0 Å². The van der Waals surface area contributed by atoms with Gasteiger partial charge in [0.1, 0.15) is 13.2 Å². The van der Waals surface area contributed by atoms with Crippen LogP contribution in [0.15, 0.2) is 101 Å². The van der Waals surface area contributed by atoms with Crippen LogP contribution in [0.5, 0.6) is 0 Å². The molecule has 9 nitrogen and oxygen atoms in total. The predicted octanol–water partition coefficient (Wildman–Crippen LogP) is 4.84. The van der Waals surface area contributed by atoms with Crippen LogP contribution in [0.1, 0.15) is 24.0 Å². The van der Waals surface area contributed by atoms with Crippen molar-refractivity contribution in [1.82, 2.24) is 16.0 Å². The summed E-state index contributed by atoms with van der Waals surface area (Å²) in [6.07, 6.45) is -0.337. The first kappa shape index (κ1) is 27.7. The smallest absolute Gasteiger partial charge is 0.414 e. The van der Waals surface area contributed by atoms with E-state index in [0.717, 1.165) is 16.0 Å². The molecule has 0 spiro atoms. The average molecular weight is 547 g/mol. The second-order valence-electron chi connectivity index (χ2n) is 8.71. The minimum absolute atomic E-state index is 0.000490. The summed E-state index contributed by atoms with van der Waals surface area (Å²) in [6, 6.07) is 28.4. The van der Waals surface area contributed by atoms with Crippen LogP contribution in [0, 0.1) is 5.92 Å². The van der Waals surface area contributed by atoms with E-state index in [4.69, 9.17) is 9.47 Å². The van der Waals surface area contributed by atoms with Crippen molar-refractivity contribution in [2.24, 2.45) is 10.9 Å². The lowest BCUT2D eigenvalue weighted by Crippen LogP contribution is -2.56. The van der Waals surface area contributed by atoms with E-state index in [1.807, 2.05) is 91.0 Å². The molecule has 1 aliphatic heterocycles. The quantitative estimate of drug-likeness (QED) is 0.145. The van der Waals surface area contributed by atoms with Crippen LogP contribution >= 0.6 is 11.8 Å². The Bertz CT molecular complexity index is 1200. The van der Waals surface area contributed by atoms with Gasteiger partial charge in [-0.05, 0) is 36.1 Å². The second-order valence-corrected chi connectivity index (χ2v) is 9.93. The van der Waals surface area contributed by atoms with Crippen molar-refractivity contribution in [2.75, 3.05) is 6.54 Å². The lowest BCUT2D eigenvalue weighted by Gasteiger charge is -2.36. The fourth-order valence-corrected chi connectivity index (χ4v) is 4.96. The molecule has 39 heavy (non-hydrogen) atoms. The van der Waals surface area contributed by atoms with Crippen LogP contribution < -0.4 is 16.0 Å². The largest absolute Gasteiger partial charge is 0.444 e. The average Bonchev–Trinajstić information content (AvgIpc) is 2.96. The van der Waals surface area contributed by atoms with Crippen LogP contribution in [-0.4, -0.2) is 36.0 Å². The van der Waals surface area contributed by atoms with E-state index in [9.17, 15) is 14.4 Å². The van der Waals surface area contributed by atoms with Crippen molar-refractivity contribution in [2.45, 2.75) is 36.3 Å². The summed E-state index contributed by atoms with van der Waals surface area (Å²) in [5.74, 6) is -0.210. The summed E-state index contributed by atoms with van der Waals surface area (Å²) in [7, 11) is 0. The zero-order chi connectivity index (χ0) is 27.3. The van der Waals surface area contributed by atoms with Gasteiger partial charge in [0.25, 0.3) is 0 Å². The van der Waals surface area contributed by atoms with E-state index in [1.165, 1.54) is 0 Å². The second kappa shape index (κ2) is 14.6. The van der Waals surface area contributed by atoms with Crippen molar-refractivity contribution in [3.63, 3.8) is 0 Å². The normalized spacial score (nSPS) is 15.7. The number of aliphatic imine (C=N–C) groups is 1. The molecule has 1 fully saturated rings. The zero-order valence-electron chi connectivity index (χ0n) is 21.2. The van der Waals surface area contributed by atoms with Gasteiger partial charge in [-0.2, -0.15) is 0 Å². The number of rotatable bonds is 10. The van der Waals surface area contributed by atoms with Crippen molar-refractivity contribution in [3.05, 3.63) is 102 Å². The number of nitrogens with zero attached hydrogens (tertiary/aromatic N) is 1. The molecule has 1 saturated heterocycles. The Balaban J connectivity index is 1.29. The molecular formula is C29H30N4O5S. The summed E-state index contributed by atoms with van der Waals surface area (Å²) in [5.41, 5.74) is 1.64. The van der Waals surface area contributed by atoms with Gasteiger partial charge in [-0.15, -0.1) is 11.8 Å². The van der Waals surface area contributed by atoms with Gasteiger partial charge in [-0.3, -0.25) is 20.4 Å². The molecule has 4 rings (SSSR count). The standard InChI is InChI=1S/C29H30N4O5S/c34-25-24(26(31-25)39-23-15-8-3-9-16-23)17-10-18-30-27(32-28(35)37-19-21-11-4-1-5-12-21)33-29(36)38-20-22-13-6-2-7-14-22/h1-9,11-16,24,26H,10,17-20H2,(H,31,34)(H2,30,32,33,35,36)/t24-,26+/m1/s1. The van der Waals surface area contributed by atoms with Crippen molar-refractivity contribution in [3.8, 4) is 0 Å². The molecule has 3 amide bonds. The minimum Gasteiger partial charge on any atom is -0.444 e. The Hall–Kier alpha value is -4.31. The summed E-state index contributed by atoms with van der Waals surface area (Å²) in [4.78, 5) is 42.3. The number of carbonyl (C=O) groups is 3. The van der Waals surface area contributed by atoms with E-state index in [2.05, 4.69) is 20.9 Å². The summed E-state index contributed by atoms with van der Waals surface area (Å²) in [6.45, 7) is 0.408. The van der Waals surface area contributed by atoms with Gasteiger partial charge in [0.05, 0.1) is 11.3 Å². The Morgan fingerprint density at radius 2 is 1.31 bits per heavy atom. The lowest BCUT2D eigenvalue weighted by molar-refractivity contribution is -0.132. The van der Waals surface area contributed by atoms with Gasteiger partial charge in [0.15, 0.2) is 0 Å². The van der Waals surface area contributed by atoms with Gasteiger partial charge in [-0.25, -0.2) is 9.59 Å². The van der Waals surface area contributed by atoms with Crippen LogP contribution in [0.3, 0.4) is 0 Å². The lowest BCUT2D eigenvalue weighted by atomic mass is 9.96. The molecule has 0 saturated carbocycles. The maximum absolute atomic E-state index is 12.4. The molecule has 0 unspecified atom stereocenters. The SMILES string of the molecule is O=C(NC(=NCCC[C@@H]1C(=O)N[C@H]1Sc1ccccc1)NC(=O)OCc1ccccc1)OCc1ccccc1. The van der Waals surface area contributed by atoms with E-state index in [-0.39, 0.29) is 42.9 Å². The minimum atomic E-state index is -0.765. The maximum atomic E-state index is 12.4. The summed E-state index contributed by atoms with van der Waals surface area (Å²) in [5, 5.41) is 7.89. The van der Waals surface area contributed by atoms with E-state index >= 15 is 0 Å². The van der Waals surface area contributed by atoms with Crippen molar-refractivity contribution in [1.29, 1.82) is 0 Å². The first-order valence-corrected chi connectivity index (χ1v) is 13.5. The highest BCUT2D eigenvalue weighted by Gasteiger charge is 2.39. The van der Waals surface area contributed by atoms with E-state index in [0.29, 0.717) is 12.8 Å². The predicted molar refractivity (Wildman–Crippen MR) is 149 cm³/mol. The number of thioether (sulfide) groups is 1. The Kier molecular flexibility index (Phi) is 10.4. The molecule has 3 aromatic rings. The maximum Gasteiger partial charge on any atom is 0.414 e. The van der Waals surface area contributed by atoms with Crippen LogP contribution in [0.4, 0.5) is 9.59 Å². The third-order valence-electron chi connectivity index (χ3n) is 5.80. The number of β-lactam (4-membered cyclic amide) rings is 1. The Morgan fingerprint density at radius 3 is 1.82 bits per heavy atom. The molecule has 3 N–H and O–H groups in total. The van der Waals surface area contributed by atoms with Crippen LogP contribution in [-0.2, 0) is 27.5 Å². The first-order chi connectivity index (χ1) is 19.1. The van der Waals surface area contributed by atoms with Gasteiger partial charge in [-0.1, -0.05) is 78.9 Å². The molecule has 0 bridgehead atoms. The number of guanidine groups is 1. The third kappa shape index (κ3) is 9.19. The number of nitrogens with one attached hydrogen (secondary N) is 3. The Labute approximate surface area is 231 Å². The van der Waals surface area contributed by atoms with Gasteiger partial charge in [0, 0.05) is 11.4 Å². The first-order valence-electron chi connectivity index (χ1n) is 12.6. The zero-order valence-corrected chi connectivity index (χ0v) is 22.1. The molecule has 0 aromatic heterocycles. The summed E-state index contributed by atoms with van der Waals surface area (Å²) < 4.78 is 10.5. The monoisotopic (exact) mass is 546 g/mol. The van der Waals surface area contributed by atoms with Gasteiger partial charge >= 0.3 is 12.2 Å². The highest BCUT2D eigenvalue weighted by Crippen LogP contribution is 2.34. The molecule has 10 heteroatoms. The molecule has 0 aliphatic carbocycles. The molecule has 1 aliphatic rings. The number of alkyl carbamates (subject to hydrolysis) is 2. The molecular weight excluding hydrogens is 516 g/mol.